The molecule has 2 bridgehead atoms. The maximum Gasteiger partial charge on any atom is 0.313 e. The number of carbonyl (C=O) groups excluding carboxylic acids is 4. The number of hydrogen-bond acceptors (Lipinski definition) is 9. The van der Waals surface area contributed by atoms with Gasteiger partial charge >= 0.3 is 5.97 Å². The molecule has 4 aliphatic rings. The SMILES string of the molecule is C=CCCC(=O)N(C)[C@H](C)[C@H](OC(=O)[C@@H]1[C@@H]2CC[C@]3(O2)[C@H](C(=O)N(CC=C)CCN2CCOCC2)N(CCCO)C(=O)[C@@H]13)c1ccccc1. The van der Waals surface area contributed by atoms with E-state index in [9.17, 15) is 24.3 Å². The first kappa shape index (κ1) is 36.7. The Morgan fingerprint density at radius 1 is 1.14 bits per heavy atom. The predicted molar refractivity (Wildman–Crippen MR) is 182 cm³/mol. The fourth-order valence-corrected chi connectivity index (χ4v) is 8.01. The van der Waals surface area contributed by atoms with Crippen molar-refractivity contribution in [2.75, 3.05) is 66.1 Å². The molecule has 0 unspecified atom stereocenters. The van der Waals surface area contributed by atoms with E-state index in [1.165, 1.54) is 4.90 Å². The number of aliphatic hydroxyl groups is 1. The predicted octanol–water partition coefficient (Wildman–Crippen LogP) is 2.19. The van der Waals surface area contributed by atoms with Crippen molar-refractivity contribution in [2.24, 2.45) is 11.8 Å². The zero-order valence-corrected chi connectivity index (χ0v) is 28.9. The Morgan fingerprint density at radius 3 is 2.55 bits per heavy atom. The zero-order chi connectivity index (χ0) is 35.1. The number of rotatable bonds is 17. The molecule has 5 rings (SSSR count). The highest BCUT2D eigenvalue weighted by atomic mass is 16.6. The van der Waals surface area contributed by atoms with Crippen molar-refractivity contribution in [1.29, 1.82) is 0 Å². The third-order valence-corrected chi connectivity index (χ3v) is 10.7. The van der Waals surface area contributed by atoms with Gasteiger partial charge in [-0.2, -0.15) is 0 Å². The second-order valence-electron chi connectivity index (χ2n) is 13.5. The molecule has 4 fully saturated rings. The quantitative estimate of drug-likeness (QED) is 0.195. The first-order valence-corrected chi connectivity index (χ1v) is 17.6. The van der Waals surface area contributed by atoms with E-state index in [1.54, 1.807) is 29.0 Å². The van der Waals surface area contributed by atoms with E-state index in [4.69, 9.17) is 14.2 Å². The Labute approximate surface area is 289 Å². The Kier molecular flexibility index (Phi) is 12.3. The van der Waals surface area contributed by atoms with E-state index in [0.29, 0.717) is 52.1 Å². The normalized spacial score (nSPS) is 27.3. The summed E-state index contributed by atoms with van der Waals surface area (Å²) < 4.78 is 18.4. The van der Waals surface area contributed by atoms with Crippen LogP contribution < -0.4 is 0 Å². The van der Waals surface area contributed by atoms with Gasteiger partial charge in [0, 0.05) is 59.3 Å². The Bertz CT molecular complexity index is 1350. The molecule has 4 saturated heterocycles. The van der Waals surface area contributed by atoms with Gasteiger partial charge in [0.25, 0.3) is 0 Å². The van der Waals surface area contributed by atoms with Crippen LogP contribution in [-0.2, 0) is 33.4 Å². The minimum Gasteiger partial charge on any atom is -0.455 e. The highest BCUT2D eigenvalue weighted by Crippen LogP contribution is 2.59. The van der Waals surface area contributed by atoms with E-state index in [-0.39, 0.29) is 43.7 Å². The average molecular weight is 681 g/mol. The number of morpholine rings is 1. The van der Waals surface area contributed by atoms with Crippen molar-refractivity contribution in [3.05, 3.63) is 61.2 Å². The van der Waals surface area contributed by atoms with Crippen LogP contribution in [-0.4, -0.2) is 138 Å². The third kappa shape index (κ3) is 7.47. The van der Waals surface area contributed by atoms with Crippen molar-refractivity contribution in [1.82, 2.24) is 19.6 Å². The number of likely N-dealkylation sites (N-methyl/N-ethyl adjacent to an activating group) is 1. The van der Waals surface area contributed by atoms with E-state index in [2.05, 4.69) is 18.1 Å². The molecule has 0 aromatic heterocycles. The van der Waals surface area contributed by atoms with Gasteiger partial charge in [-0.05, 0) is 38.2 Å². The number of ether oxygens (including phenoxy) is 3. The average Bonchev–Trinajstić information content (AvgIpc) is 3.77. The largest absolute Gasteiger partial charge is 0.455 e. The molecule has 49 heavy (non-hydrogen) atoms. The van der Waals surface area contributed by atoms with Gasteiger partial charge in [0.2, 0.25) is 17.7 Å². The molecule has 268 valence electrons. The van der Waals surface area contributed by atoms with Crippen LogP contribution in [0.1, 0.15) is 50.7 Å². The number of esters is 1. The van der Waals surface area contributed by atoms with E-state index < -0.39 is 47.7 Å². The molecule has 12 nitrogen and oxygen atoms in total. The lowest BCUT2D eigenvalue weighted by Gasteiger charge is -2.37. The molecule has 1 aromatic rings. The summed E-state index contributed by atoms with van der Waals surface area (Å²) >= 11 is 0. The zero-order valence-electron chi connectivity index (χ0n) is 28.9. The Balaban J connectivity index is 1.41. The molecular weight excluding hydrogens is 628 g/mol. The van der Waals surface area contributed by atoms with Crippen molar-refractivity contribution in [2.45, 2.75) is 68.9 Å². The number of amides is 3. The lowest BCUT2D eigenvalue weighted by molar-refractivity contribution is -0.164. The lowest BCUT2D eigenvalue weighted by atomic mass is 9.70. The highest BCUT2D eigenvalue weighted by molar-refractivity contribution is 5.98. The van der Waals surface area contributed by atoms with Gasteiger partial charge in [-0.1, -0.05) is 42.5 Å². The maximum atomic E-state index is 14.5. The molecule has 0 saturated carbocycles. The molecule has 1 spiro atoms. The van der Waals surface area contributed by atoms with E-state index in [0.717, 1.165) is 18.7 Å². The number of aliphatic hydroxyl groups excluding tert-OH is 1. The Hall–Kier alpha value is -3.58. The van der Waals surface area contributed by atoms with Gasteiger partial charge in [-0.3, -0.25) is 24.1 Å². The van der Waals surface area contributed by atoms with Gasteiger partial charge in [-0.25, -0.2) is 0 Å². The van der Waals surface area contributed by atoms with Crippen molar-refractivity contribution < 1.29 is 38.5 Å². The molecule has 0 aliphatic carbocycles. The minimum atomic E-state index is -1.19. The monoisotopic (exact) mass is 680 g/mol. The summed E-state index contributed by atoms with van der Waals surface area (Å²) in [5.41, 5.74) is -0.469. The molecule has 3 amide bonds. The molecule has 7 atom stereocenters. The molecule has 1 aromatic carbocycles. The van der Waals surface area contributed by atoms with Crippen molar-refractivity contribution in [3.8, 4) is 0 Å². The standard InChI is InChI=1S/C37H52N4O8/c1-5-7-14-29(43)38(4)26(3)32(27-12-9-8-10-13-27)48-36(46)30-28-15-16-37(49-28)31(30)34(44)41(18-11-23-42)33(37)35(45)40(17-6-2)20-19-39-21-24-47-25-22-39/h5-6,8-10,12-13,26,28,30-33,42H,1-2,7,11,14-25H2,3-4H3/t26-,28+,30-,31-,32+,33+,37-/m1/s1. The third-order valence-electron chi connectivity index (χ3n) is 10.7. The van der Waals surface area contributed by atoms with Gasteiger partial charge < -0.3 is 34.0 Å². The topological polar surface area (TPSA) is 129 Å². The minimum absolute atomic E-state index is 0.101. The summed E-state index contributed by atoms with van der Waals surface area (Å²) in [7, 11) is 1.69. The van der Waals surface area contributed by atoms with Crippen molar-refractivity contribution >= 4 is 23.7 Å². The van der Waals surface area contributed by atoms with Crippen molar-refractivity contribution in [3.63, 3.8) is 0 Å². The summed E-state index contributed by atoms with van der Waals surface area (Å²) in [6, 6.07) is 7.82. The number of benzene rings is 1. The number of carbonyl (C=O) groups is 4. The summed E-state index contributed by atoms with van der Waals surface area (Å²) in [5, 5.41) is 9.72. The number of nitrogens with zero attached hydrogens (tertiary/aromatic N) is 4. The summed E-state index contributed by atoms with van der Waals surface area (Å²) in [6.45, 7) is 13.7. The fraction of sp³-hybridized carbons (Fsp3) is 0.622. The molecule has 4 aliphatic heterocycles. The summed E-state index contributed by atoms with van der Waals surface area (Å²) in [6.07, 6.45) is 4.03. The molecule has 4 heterocycles. The van der Waals surface area contributed by atoms with E-state index >= 15 is 0 Å². The van der Waals surface area contributed by atoms with Crippen LogP contribution in [0.3, 0.4) is 0 Å². The smallest absolute Gasteiger partial charge is 0.313 e. The lowest BCUT2D eigenvalue weighted by Crippen LogP contribution is -2.57. The molecule has 1 N–H and O–H groups in total. The number of likely N-dealkylation sites (tertiary alicyclic amines) is 1. The summed E-state index contributed by atoms with van der Waals surface area (Å²) in [5.74, 6) is -3.08. The van der Waals surface area contributed by atoms with Crippen LogP contribution in [0.4, 0.5) is 0 Å². The number of fused-ring (bicyclic) bond motifs is 1. The summed E-state index contributed by atoms with van der Waals surface area (Å²) in [4.78, 5) is 63.3. The Morgan fingerprint density at radius 2 is 1.88 bits per heavy atom. The number of hydrogen-bond donors (Lipinski definition) is 1. The number of allylic oxidation sites excluding steroid dienone is 1. The van der Waals surface area contributed by atoms with Gasteiger partial charge in [-0.15, -0.1) is 13.2 Å². The van der Waals surface area contributed by atoms with Crippen LogP contribution in [0, 0.1) is 11.8 Å². The molecule has 12 heteroatoms. The van der Waals surface area contributed by atoms with E-state index in [1.807, 2.05) is 37.3 Å². The first-order chi connectivity index (χ1) is 23.7. The highest BCUT2D eigenvalue weighted by Gasteiger charge is 2.75. The first-order valence-electron chi connectivity index (χ1n) is 17.6. The van der Waals surface area contributed by atoms with Crippen LogP contribution in [0.5, 0.6) is 0 Å². The maximum absolute atomic E-state index is 14.5. The second kappa shape index (κ2) is 16.4. The van der Waals surface area contributed by atoms with Gasteiger partial charge in [0.05, 0.1) is 37.2 Å². The molecule has 0 radical (unpaired) electrons. The van der Waals surface area contributed by atoms with Gasteiger partial charge in [0.1, 0.15) is 17.7 Å². The van der Waals surface area contributed by atoms with Crippen LogP contribution in [0.2, 0.25) is 0 Å². The fourth-order valence-electron chi connectivity index (χ4n) is 8.01. The molecular formula is C37H52N4O8. The second-order valence-corrected chi connectivity index (χ2v) is 13.5. The van der Waals surface area contributed by atoms with Crippen LogP contribution in [0.15, 0.2) is 55.6 Å². The van der Waals surface area contributed by atoms with Crippen LogP contribution in [0.25, 0.3) is 0 Å². The van der Waals surface area contributed by atoms with Crippen LogP contribution >= 0.6 is 0 Å². The van der Waals surface area contributed by atoms with Gasteiger partial charge in [0.15, 0.2) is 0 Å².